The first-order valence-corrected chi connectivity index (χ1v) is 9.37. The molecule has 0 aromatic heterocycles. The summed E-state index contributed by atoms with van der Waals surface area (Å²) in [6.07, 6.45) is 2.06. The van der Waals surface area contributed by atoms with E-state index in [0.29, 0.717) is 24.3 Å². The number of carbonyl (C=O) groups excluding carboxylic acids is 2. The van der Waals surface area contributed by atoms with Crippen molar-refractivity contribution in [1.82, 2.24) is 10.2 Å². The SMILES string of the molecule is N[C@@H]1CN(C(=O)c2cccc(NC(=O)NC3CC3)c2)C[C@H]1c1ccccc1. The number of urea groups is 1. The lowest BCUT2D eigenvalue weighted by atomic mass is 9.95. The summed E-state index contributed by atoms with van der Waals surface area (Å²) in [6, 6.07) is 17.1. The molecule has 4 N–H and O–H groups in total. The minimum atomic E-state index is -0.227. The third-order valence-electron chi connectivity index (χ3n) is 5.16. The number of nitrogens with two attached hydrogens (primary N) is 1. The van der Waals surface area contributed by atoms with Crippen LogP contribution < -0.4 is 16.4 Å². The van der Waals surface area contributed by atoms with Crippen molar-refractivity contribution >= 4 is 17.6 Å². The van der Waals surface area contributed by atoms with E-state index >= 15 is 0 Å². The molecule has 1 saturated carbocycles. The second-order valence-corrected chi connectivity index (χ2v) is 7.34. The zero-order valence-corrected chi connectivity index (χ0v) is 15.1. The molecule has 2 atom stereocenters. The molecule has 3 amide bonds. The smallest absolute Gasteiger partial charge is 0.319 e. The maximum atomic E-state index is 12.9. The number of carbonyl (C=O) groups is 2. The number of benzene rings is 2. The summed E-state index contributed by atoms with van der Waals surface area (Å²) in [7, 11) is 0. The van der Waals surface area contributed by atoms with Gasteiger partial charge in [-0.2, -0.15) is 0 Å². The fourth-order valence-electron chi connectivity index (χ4n) is 3.54. The predicted molar refractivity (Wildman–Crippen MR) is 105 cm³/mol. The highest BCUT2D eigenvalue weighted by Crippen LogP contribution is 2.27. The quantitative estimate of drug-likeness (QED) is 0.779. The molecule has 1 saturated heterocycles. The molecule has 2 aromatic rings. The average Bonchev–Trinajstić information content (AvgIpc) is 3.40. The van der Waals surface area contributed by atoms with Crippen molar-refractivity contribution in [3.63, 3.8) is 0 Å². The molecular weight excluding hydrogens is 340 g/mol. The van der Waals surface area contributed by atoms with E-state index in [4.69, 9.17) is 5.73 Å². The van der Waals surface area contributed by atoms with Gasteiger partial charge in [0.2, 0.25) is 0 Å². The van der Waals surface area contributed by atoms with Gasteiger partial charge in [0.25, 0.3) is 5.91 Å². The Labute approximate surface area is 158 Å². The zero-order chi connectivity index (χ0) is 18.8. The van der Waals surface area contributed by atoms with Gasteiger partial charge < -0.3 is 21.3 Å². The molecule has 0 unspecified atom stereocenters. The van der Waals surface area contributed by atoms with E-state index in [0.717, 1.165) is 18.4 Å². The monoisotopic (exact) mass is 364 g/mol. The fourth-order valence-corrected chi connectivity index (χ4v) is 3.54. The normalized spacial score (nSPS) is 21.7. The van der Waals surface area contributed by atoms with Gasteiger partial charge in [-0.05, 0) is 36.6 Å². The van der Waals surface area contributed by atoms with Crippen LogP contribution in [-0.4, -0.2) is 42.0 Å². The zero-order valence-electron chi connectivity index (χ0n) is 15.1. The van der Waals surface area contributed by atoms with E-state index < -0.39 is 0 Å². The van der Waals surface area contributed by atoms with Crippen LogP contribution >= 0.6 is 0 Å². The first kappa shape index (κ1) is 17.5. The summed E-state index contributed by atoms with van der Waals surface area (Å²) in [4.78, 5) is 26.6. The van der Waals surface area contributed by atoms with Crippen LogP contribution in [0, 0.1) is 0 Å². The van der Waals surface area contributed by atoms with Crippen molar-refractivity contribution < 1.29 is 9.59 Å². The second-order valence-electron chi connectivity index (χ2n) is 7.34. The highest BCUT2D eigenvalue weighted by Gasteiger charge is 2.34. The van der Waals surface area contributed by atoms with Crippen LogP contribution in [0.25, 0.3) is 0 Å². The highest BCUT2D eigenvalue weighted by atomic mass is 16.2. The van der Waals surface area contributed by atoms with Crippen LogP contribution in [0.2, 0.25) is 0 Å². The van der Waals surface area contributed by atoms with Gasteiger partial charge in [0.05, 0.1) is 0 Å². The van der Waals surface area contributed by atoms with E-state index in [1.165, 1.54) is 0 Å². The summed E-state index contributed by atoms with van der Waals surface area (Å²) in [5.74, 6) is 0.0795. The Morgan fingerprint density at radius 1 is 1.00 bits per heavy atom. The minimum Gasteiger partial charge on any atom is -0.336 e. The van der Waals surface area contributed by atoms with Crippen molar-refractivity contribution in [2.24, 2.45) is 5.73 Å². The Kier molecular flexibility index (Phi) is 4.81. The van der Waals surface area contributed by atoms with E-state index in [1.807, 2.05) is 18.2 Å². The van der Waals surface area contributed by atoms with Crippen molar-refractivity contribution in [3.8, 4) is 0 Å². The van der Waals surface area contributed by atoms with Crippen LogP contribution in [0.5, 0.6) is 0 Å². The van der Waals surface area contributed by atoms with Crippen molar-refractivity contribution in [1.29, 1.82) is 0 Å². The number of hydrogen-bond donors (Lipinski definition) is 3. The van der Waals surface area contributed by atoms with Crippen molar-refractivity contribution in [3.05, 3.63) is 65.7 Å². The number of anilines is 1. The van der Waals surface area contributed by atoms with Crippen LogP contribution in [0.4, 0.5) is 10.5 Å². The minimum absolute atomic E-state index is 0.0601. The molecule has 6 nitrogen and oxygen atoms in total. The van der Waals surface area contributed by atoms with Crippen LogP contribution in [0.1, 0.15) is 34.7 Å². The van der Waals surface area contributed by atoms with E-state index in [9.17, 15) is 9.59 Å². The Balaban J connectivity index is 1.43. The fraction of sp³-hybridized carbons (Fsp3) is 0.333. The van der Waals surface area contributed by atoms with Gasteiger partial charge in [-0.25, -0.2) is 4.79 Å². The maximum Gasteiger partial charge on any atom is 0.319 e. The first-order chi connectivity index (χ1) is 13.1. The summed E-state index contributed by atoms with van der Waals surface area (Å²) in [5.41, 5.74) is 8.63. The molecule has 1 aliphatic heterocycles. The standard InChI is InChI=1S/C21H24N4O2/c22-19-13-25(12-18(19)14-5-2-1-3-6-14)20(26)15-7-4-8-17(11-15)24-21(27)23-16-9-10-16/h1-8,11,16,18-19H,9-10,12-13,22H2,(H2,23,24,27)/t18-,19+/m0/s1. The number of nitrogens with zero attached hydrogens (tertiary/aromatic N) is 1. The van der Waals surface area contributed by atoms with Crippen LogP contribution in [-0.2, 0) is 0 Å². The molecule has 0 spiro atoms. The average molecular weight is 364 g/mol. The lowest BCUT2D eigenvalue weighted by Gasteiger charge is -2.17. The number of hydrogen-bond acceptors (Lipinski definition) is 3. The van der Waals surface area contributed by atoms with Crippen LogP contribution in [0.3, 0.4) is 0 Å². The number of likely N-dealkylation sites (tertiary alicyclic amines) is 1. The maximum absolute atomic E-state index is 12.9. The van der Waals surface area contributed by atoms with Gasteiger partial charge in [-0.1, -0.05) is 36.4 Å². The van der Waals surface area contributed by atoms with Crippen LogP contribution in [0.15, 0.2) is 54.6 Å². The third-order valence-corrected chi connectivity index (χ3v) is 5.16. The van der Waals surface area contributed by atoms with E-state index in [-0.39, 0.29) is 29.9 Å². The molecule has 2 aromatic carbocycles. The third kappa shape index (κ3) is 4.11. The Bertz CT molecular complexity index is 835. The van der Waals surface area contributed by atoms with Gasteiger partial charge in [0, 0.05) is 42.3 Å². The largest absolute Gasteiger partial charge is 0.336 e. The Morgan fingerprint density at radius 3 is 2.52 bits per heavy atom. The molecule has 0 bridgehead atoms. The number of nitrogens with one attached hydrogen (secondary N) is 2. The highest BCUT2D eigenvalue weighted by molar-refractivity contribution is 5.97. The molecule has 4 rings (SSSR count). The summed E-state index contributed by atoms with van der Waals surface area (Å²) >= 11 is 0. The molecule has 1 heterocycles. The first-order valence-electron chi connectivity index (χ1n) is 9.37. The Hall–Kier alpha value is -2.86. The van der Waals surface area contributed by atoms with Crippen molar-refractivity contribution in [2.75, 3.05) is 18.4 Å². The summed E-state index contributed by atoms with van der Waals surface area (Å²) in [6.45, 7) is 1.13. The molecule has 6 heteroatoms. The molecule has 1 aliphatic carbocycles. The number of rotatable bonds is 4. The summed E-state index contributed by atoms with van der Waals surface area (Å²) < 4.78 is 0. The predicted octanol–water partition coefficient (Wildman–Crippen LogP) is 2.54. The van der Waals surface area contributed by atoms with Gasteiger partial charge >= 0.3 is 6.03 Å². The van der Waals surface area contributed by atoms with Gasteiger partial charge in [0.1, 0.15) is 0 Å². The van der Waals surface area contributed by atoms with Gasteiger partial charge in [0.15, 0.2) is 0 Å². The molecule has 2 fully saturated rings. The molecule has 0 radical (unpaired) electrons. The van der Waals surface area contributed by atoms with E-state index in [1.54, 1.807) is 29.2 Å². The van der Waals surface area contributed by atoms with Gasteiger partial charge in [-0.15, -0.1) is 0 Å². The molecular formula is C21H24N4O2. The van der Waals surface area contributed by atoms with E-state index in [2.05, 4.69) is 22.8 Å². The topological polar surface area (TPSA) is 87.5 Å². The second kappa shape index (κ2) is 7.40. The number of amides is 3. The molecule has 27 heavy (non-hydrogen) atoms. The molecule has 2 aliphatic rings. The summed E-state index contributed by atoms with van der Waals surface area (Å²) in [5, 5.41) is 5.67. The lowest BCUT2D eigenvalue weighted by molar-refractivity contribution is 0.0789. The molecule has 140 valence electrons. The Morgan fingerprint density at radius 2 is 1.78 bits per heavy atom. The lowest BCUT2D eigenvalue weighted by Crippen LogP contribution is -2.32. The van der Waals surface area contributed by atoms with Crippen molar-refractivity contribution in [2.45, 2.75) is 30.8 Å². The van der Waals surface area contributed by atoms with Gasteiger partial charge in [-0.3, -0.25) is 4.79 Å².